The molecule has 0 saturated carbocycles. The fourth-order valence-corrected chi connectivity index (χ4v) is 6.18. The number of primary amides is 1. The molecule has 0 heterocycles. The van der Waals surface area contributed by atoms with Gasteiger partial charge in [0.2, 0.25) is 5.78 Å². The number of allylic oxidation sites excluding steroid dienone is 1. The Morgan fingerprint density at radius 3 is 2.45 bits per heavy atom. The Morgan fingerprint density at radius 2 is 1.87 bits per heavy atom. The first-order valence-corrected chi connectivity index (χ1v) is 12.2. The van der Waals surface area contributed by atoms with Crippen LogP contribution in [0.5, 0.6) is 5.75 Å². The van der Waals surface area contributed by atoms with Crippen LogP contribution in [0.15, 0.2) is 28.7 Å². The monoisotopic (exact) mass is 533 g/mol. The second-order valence-corrected chi connectivity index (χ2v) is 10.5. The normalized spacial score (nSPS) is 27.1. The van der Waals surface area contributed by atoms with Crippen molar-refractivity contribution in [3.05, 3.63) is 51.2 Å². The molecule has 0 unspecified atom stereocenters. The number of aliphatic hydroxyl groups is 4. The van der Waals surface area contributed by atoms with Crippen molar-refractivity contribution in [2.45, 2.75) is 37.5 Å². The molecule has 4 rings (SSSR count). The summed E-state index contributed by atoms with van der Waals surface area (Å²) in [6.45, 7) is 0.543. The van der Waals surface area contributed by atoms with Gasteiger partial charge in [-0.2, -0.15) is 0 Å². The lowest BCUT2D eigenvalue weighted by Gasteiger charge is -2.50. The van der Waals surface area contributed by atoms with Crippen LogP contribution in [-0.4, -0.2) is 98.7 Å². The first kappa shape index (κ1) is 27.7. The zero-order valence-electron chi connectivity index (χ0n) is 21.4. The number of carbonyl (C=O) groups excluding carboxylic acids is 3. The van der Waals surface area contributed by atoms with E-state index in [-0.39, 0.29) is 48.3 Å². The van der Waals surface area contributed by atoms with Crippen LogP contribution in [-0.2, 0) is 22.6 Å². The van der Waals surface area contributed by atoms with E-state index in [1.807, 2.05) is 0 Å². The van der Waals surface area contributed by atoms with Crippen molar-refractivity contribution in [3.63, 3.8) is 0 Å². The van der Waals surface area contributed by atoms with E-state index in [1.165, 1.54) is 19.0 Å². The number of Topliss-reactive ketones (excluding diaryl/α,β-unsaturated/α-hetero) is 2. The molecule has 0 spiro atoms. The minimum Gasteiger partial charge on any atom is -0.510 e. The third kappa shape index (κ3) is 3.99. The number of phenolic OH excluding ortho intramolecular Hbond substituents is 1. The quantitative estimate of drug-likeness (QED) is 0.262. The van der Waals surface area contributed by atoms with Gasteiger partial charge < -0.3 is 36.2 Å². The molecular weight excluding hydrogens is 501 g/mol. The largest absolute Gasteiger partial charge is 0.510 e. The molecule has 0 aliphatic heterocycles. The highest BCUT2D eigenvalue weighted by Crippen LogP contribution is 2.52. The Balaban J connectivity index is 1.85. The van der Waals surface area contributed by atoms with E-state index >= 15 is 4.39 Å². The topological polar surface area (TPSA) is 185 Å². The third-order valence-corrected chi connectivity index (χ3v) is 7.87. The van der Waals surface area contributed by atoms with E-state index in [1.54, 1.807) is 11.9 Å². The number of carbonyl (C=O) groups is 3. The lowest BCUT2D eigenvalue weighted by atomic mass is 9.58. The highest BCUT2D eigenvalue weighted by atomic mass is 19.1. The number of hydrogen-bond acceptors (Lipinski definition) is 10. The summed E-state index contributed by atoms with van der Waals surface area (Å²) in [5, 5.41) is 53.4. The van der Waals surface area contributed by atoms with Crippen molar-refractivity contribution in [2.24, 2.45) is 17.6 Å². The summed E-state index contributed by atoms with van der Waals surface area (Å²) in [6.07, 6.45) is 0.229. The van der Waals surface area contributed by atoms with Gasteiger partial charge >= 0.3 is 0 Å². The second kappa shape index (κ2) is 9.77. The number of benzene rings is 1. The van der Waals surface area contributed by atoms with Crippen LogP contribution in [0, 0.1) is 17.7 Å². The summed E-state index contributed by atoms with van der Waals surface area (Å²) in [5.41, 5.74) is 1.06. The first-order chi connectivity index (χ1) is 17.8. The van der Waals surface area contributed by atoms with Crippen LogP contribution in [0.4, 0.5) is 4.39 Å². The molecule has 0 fully saturated rings. The van der Waals surface area contributed by atoms with Gasteiger partial charge in [0.1, 0.15) is 28.7 Å². The molecule has 1 aromatic carbocycles. The highest BCUT2D eigenvalue weighted by Gasteiger charge is 2.63. The molecule has 0 bridgehead atoms. The van der Waals surface area contributed by atoms with Crippen molar-refractivity contribution in [2.75, 3.05) is 34.3 Å². The Bertz CT molecular complexity index is 1290. The van der Waals surface area contributed by atoms with Crippen LogP contribution in [0.25, 0.3) is 0 Å². The van der Waals surface area contributed by atoms with Crippen LogP contribution < -0.4 is 5.73 Å². The average molecular weight is 534 g/mol. The van der Waals surface area contributed by atoms with Crippen molar-refractivity contribution < 1.29 is 44.3 Å². The predicted octanol–water partition coefficient (Wildman–Crippen LogP) is 0.0739. The summed E-state index contributed by atoms with van der Waals surface area (Å²) in [5.74, 6) is -8.47. The summed E-state index contributed by atoms with van der Waals surface area (Å²) < 4.78 is 15.7. The Hall–Kier alpha value is -3.32. The third-order valence-electron chi connectivity index (χ3n) is 7.87. The zero-order valence-corrected chi connectivity index (χ0v) is 21.4. The van der Waals surface area contributed by atoms with Gasteiger partial charge in [0.15, 0.2) is 11.4 Å². The predicted molar refractivity (Wildman–Crippen MR) is 132 cm³/mol. The number of hydrogen-bond donors (Lipinski definition) is 6. The molecule has 0 saturated heterocycles. The van der Waals surface area contributed by atoms with E-state index in [2.05, 4.69) is 0 Å². The lowest BCUT2D eigenvalue weighted by molar-refractivity contribution is -0.148. The zero-order chi connectivity index (χ0) is 28.3. The van der Waals surface area contributed by atoms with Gasteiger partial charge in [-0.15, -0.1) is 0 Å². The molecule has 0 aromatic heterocycles. The Kier molecular flexibility index (Phi) is 7.12. The number of likely N-dealkylation sites (N-methyl/N-ethyl adjacent to an activating group) is 1. The highest BCUT2D eigenvalue weighted by molar-refractivity contribution is 6.24. The summed E-state index contributed by atoms with van der Waals surface area (Å²) in [6, 6.07) is 0.00438. The van der Waals surface area contributed by atoms with E-state index in [0.29, 0.717) is 13.0 Å². The first-order valence-electron chi connectivity index (χ1n) is 12.2. The number of nitrogens with two attached hydrogens (primary N) is 1. The van der Waals surface area contributed by atoms with Gasteiger partial charge in [0.25, 0.3) is 5.91 Å². The van der Waals surface area contributed by atoms with Gasteiger partial charge in [-0.05, 0) is 52.4 Å². The molecule has 1 amide bonds. The number of aromatic hydroxyl groups is 1. The number of ketones is 2. The number of amides is 1. The number of rotatable bonds is 7. The molecule has 12 heteroatoms. The Morgan fingerprint density at radius 1 is 1.21 bits per heavy atom. The van der Waals surface area contributed by atoms with E-state index < -0.39 is 69.6 Å². The second-order valence-electron chi connectivity index (χ2n) is 10.5. The van der Waals surface area contributed by atoms with Gasteiger partial charge in [0.05, 0.1) is 11.6 Å². The smallest absolute Gasteiger partial charge is 0.255 e. The molecule has 7 N–H and O–H groups in total. The molecule has 3 aliphatic carbocycles. The van der Waals surface area contributed by atoms with E-state index in [4.69, 9.17) is 10.8 Å². The molecule has 3 aliphatic rings. The van der Waals surface area contributed by atoms with Gasteiger partial charge in [0, 0.05) is 42.3 Å². The molecular formula is C26H32FN3O8. The van der Waals surface area contributed by atoms with Crippen LogP contribution in [0.2, 0.25) is 0 Å². The van der Waals surface area contributed by atoms with Gasteiger partial charge in [-0.3, -0.25) is 19.3 Å². The number of phenols is 1. The van der Waals surface area contributed by atoms with Crippen LogP contribution in [0.3, 0.4) is 0 Å². The minimum atomic E-state index is -2.74. The molecule has 0 radical (unpaired) electrons. The van der Waals surface area contributed by atoms with E-state index in [0.717, 1.165) is 6.07 Å². The number of halogens is 1. The SMILES string of the molecule is CN(CCCO)Cc1cc(O)c2c(c1F)C[C@H]1C[C@H]3[C@H](N(C)C)C(O)=C(C(N)=O)C(=O)[C@@]3(O)C(O)=C1C2=O. The van der Waals surface area contributed by atoms with Crippen molar-refractivity contribution in [3.8, 4) is 5.75 Å². The average Bonchev–Trinajstić information content (AvgIpc) is 2.82. The van der Waals surface area contributed by atoms with Gasteiger partial charge in [-0.1, -0.05) is 0 Å². The lowest BCUT2D eigenvalue weighted by Crippen LogP contribution is -2.63. The number of fused-ring (bicyclic) bond motifs is 3. The fraction of sp³-hybridized carbons (Fsp3) is 0.500. The standard InChI is InChI=1S/C26H32FN3O8/c1-29(2)20-14-8-11-7-13-17(15(32)9-12(19(13)27)10-30(3)5-4-6-31)21(33)16(11)23(35)26(14,38)24(36)18(22(20)34)25(28)37/h9,11,14,20,31-32,34-35,38H,4-8,10H2,1-3H3,(H2,28,37)/t11-,14-,20-,26-/m0/s1. The minimum absolute atomic E-state index is 0.0350. The molecule has 1 aromatic rings. The maximum absolute atomic E-state index is 15.7. The summed E-state index contributed by atoms with van der Waals surface area (Å²) in [4.78, 5) is 42.0. The maximum atomic E-state index is 15.7. The van der Waals surface area contributed by atoms with E-state index in [9.17, 15) is 34.8 Å². The number of aliphatic hydroxyl groups excluding tert-OH is 3. The van der Waals surface area contributed by atoms with Crippen molar-refractivity contribution in [1.82, 2.24) is 9.80 Å². The van der Waals surface area contributed by atoms with Gasteiger partial charge in [-0.25, -0.2) is 4.39 Å². The molecule has 4 atom stereocenters. The summed E-state index contributed by atoms with van der Waals surface area (Å²) >= 11 is 0. The fourth-order valence-electron chi connectivity index (χ4n) is 6.18. The van der Waals surface area contributed by atoms with Crippen molar-refractivity contribution >= 4 is 17.5 Å². The van der Waals surface area contributed by atoms with Crippen molar-refractivity contribution in [1.29, 1.82) is 0 Å². The molecule has 11 nitrogen and oxygen atoms in total. The maximum Gasteiger partial charge on any atom is 0.255 e. The summed E-state index contributed by atoms with van der Waals surface area (Å²) in [7, 11) is 4.79. The molecule has 38 heavy (non-hydrogen) atoms. The number of nitrogens with zero attached hydrogens (tertiary/aromatic N) is 2. The van der Waals surface area contributed by atoms with Crippen LogP contribution in [0.1, 0.15) is 34.3 Å². The Labute approximate surface area is 218 Å². The molecule has 206 valence electrons. The van der Waals surface area contributed by atoms with Crippen LogP contribution >= 0.6 is 0 Å².